The fourth-order valence-corrected chi connectivity index (χ4v) is 4.07. The largest absolute Gasteiger partial charge is 0.339 e. The highest BCUT2D eigenvalue weighted by Crippen LogP contribution is 2.29. The van der Waals surface area contributed by atoms with E-state index in [-0.39, 0.29) is 17.7 Å². The van der Waals surface area contributed by atoms with E-state index >= 15 is 4.39 Å². The number of amides is 1. The van der Waals surface area contributed by atoms with Crippen LogP contribution in [0.25, 0.3) is 33.4 Å². The molecule has 0 saturated heterocycles. The molecule has 0 bridgehead atoms. The fourth-order valence-electron chi connectivity index (χ4n) is 4.07. The van der Waals surface area contributed by atoms with E-state index in [1.54, 1.807) is 30.6 Å². The van der Waals surface area contributed by atoms with Crippen LogP contribution in [-0.2, 0) is 11.2 Å². The van der Waals surface area contributed by atoms with Gasteiger partial charge in [-0.25, -0.2) is 23.1 Å². The van der Waals surface area contributed by atoms with Crippen LogP contribution in [0.15, 0.2) is 90.9 Å². The van der Waals surface area contributed by atoms with Gasteiger partial charge in [0.1, 0.15) is 17.2 Å². The smallest absolute Gasteiger partial charge is 0.270 e. The topological polar surface area (TPSA) is 70.7 Å². The predicted octanol–water partition coefficient (Wildman–Crippen LogP) is 6.74. The minimum Gasteiger partial charge on any atom is -0.339 e. The molecule has 5 nitrogen and oxygen atoms in total. The van der Waals surface area contributed by atoms with Gasteiger partial charge in [0.25, 0.3) is 5.92 Å². The molecule has 0 unspecified atom stereocenters. The second-order valence-electron chi connectivity index (χ2n) is 8.89. The van der Waals surface area contributed by atoms with Gasteiger partial charge in [0.15, 0.2) is 0 Å². The number of nitrogens with zero attached hydrogens (tertiary/aromatic N) is 2. The van der Waals surface area contributed by atoms with Crippen LogP contribution in [0.5, 0.6) is 0 Å². The van der Waals surface area contributed by atoms with Gasteiger partial charge >= 0.3 is 0 Å². The lowest BCUT2D eigenvalue weighted by Crippen LogP contribution is -2.24. The normalized spacial score (nSPS) is 12.3. The highest BCUT2D eigenvalue weighted by atomic mass is 19.3. The van der Waals surface area contributed by atoms with Crippen LogP contribution in [0.3, 0.4) is 0 Å². The van der Waals surface area contributed by atoms with Gasteiger partial charge in [0.2, 0.25) is 5.91 Å². The quantitative estimate of drug-likeness (QED) is 0.197. The number of halogens is 3. The highest BCUT2D eigenvalue weighted by molar-refractivity contribution is 5.87. The number of alkyl halides is 2. The van der Waals surface area contributed by atoms with Crippen LogP contribution in [-0.4, -0.2) is 26.8 Å². The molecule has 0 fully saturated rings. The first-order valence-electron chi connectivity index (χ1n) is 12.0. The van der Waals surface area contributed by atoms with Crippen molar-refractivity contribution in [3.63, 3.8) is 0 Å². The standard InChI is InChI=1S/C31H25F3N4O/c1-5-23(31(4,33)34)17-25(7-3)37-29(39)13-19-8-9-26(27(32)12-19)22-14-21-16-28(38-30(21)36-18-22)20-10-11-35-24(6-2)15-20/h2,5,7-12,14-18H,3,13H2,1,4H3,(H,36,38)(H,37,39)/b23-5+,25-17+. The number of benzene rings is 1. The van der Waals surface area contributed by atoms with E-state index in [9.17, 15) is 13.6 Å². The average Bonchev–Trinajstić information content (AvgIpc) is 3.34. The maximum absolute atomic E-state index is 15.1. The molecule has 3 aromatic heterocycles. The number of allylic oxidation sites excluding steroid dienone is 4. The van der Waals surface area contributed by atoms with Crippen LogP contribution >= 0.6 is 0 Å². The third kappa shape index (κ3) is 6.33. The Labute approximate surface area is 224 Å². The summed E-state index contributed by atoms with van der Waals surface area (Å²) in [5.41, 5.74) is 3.97. The van der Waals surface area contributed by atoms with E-state index in [1.807, 2.05) is 18.2 Å². The van der Waals surface area contributed by atoms with Gasteiger partial charge in [-0.05, 0) is 55.0 Å². The summed E-state index contributed by atoms with van der Waals surface area (Å²) in [5, 5.41) is 3.32. The van der Waals surface area contributed by atoms with Crippen molar-refractivity contribution in [3.05, 3.63) is 108 Å². The van der Waals surface area contributed by atoms with Crippen LogP contribution < -0.4 is 5.32 Å². The number of fused-ring (bicyclic) bond motifs is 1. The van der Waals surface area contributed by atoms with E-state index in [2.05, 4.69) is 32.8 Å². The SMILES string of the molecule is C#Cc1cc(-c2cc3cc(-c4ccc(CC(=O)N/C(C=C)=C/C(=C\C)C(C)(F)F)cc4F)cnc3[nH]2)ccn1. The molecule has 0 aliphatic heterocycles. The summed E-state index contributed by atoms with van der Waals surface area (Å²) in [6.07, 6.45) is 12.2. The number of aromatic amines is 1. The van der Waals surface area contributed by atoms with Crippen LogP contribution in [0.2, 0.25) is 0 Å². The zero-order chi connectivity index (χ0) is 28.2. The van der Waals surface area contributed by atoms with Crippen molar-refractivity contribution in [1.29, 1.82) is 0 Å². The molecule has 0 saturated carbocycles. The van der Waals surface area contributed by atoms with Gasteiger partial charge in [0, 0.05) is 58.4 Å². The molecular formula is C31H25F3N4O. The molecular weight excluding hydrogens is 501 g/mol. The Kier molecular flexibility index (Phi) is 7.82. The second-order valence-corrected chi connectivity index (χ2v) is 8.89. The Hall–Kier alpha value is -4.90. The summed E-state index contributed by atoms with van der Waals surface area (Å²) < 4.78 is 42.4. The molecule has 0 aliphatic carbocycles. The number of rotatable bonds is 8. The van der Waals surface area contributed by atoms with Gasteiger partial charge in [-0.3, -0.25) is 4.79 Å². The maximum atomic E-state index is 15.1. The Morgan fingerprint density at radius 2 is 1.97 bits per heavy atom. The molecule has 3 heterocycles. The van der Waals surface area contributed by atoms with E-state index in [1.165, 1.54) is 25.1 Å². The second kappa shape index (κ2) is 11.2. The van der Waals surface area contributed by atoms with E-state index in [0.717, 1.165) is 29.6 Å². The molecule has 0 atom stereocenters. The highest BCUT2D eigenvalue weighted by Gasteiger charge is 2.25. The van der Waals surface area contributed by atoms with Gasteiger partial charge in [-0.1, -0.05) is 30.7 Å². The van der Waals surface area contributed by atoms with Crippen LogP contribution in [0.4, 0.5) is 13.2 Å². The zero-order valence-electron chi connectivity index (χ0n) is 21.4. The fraction of sp³-hybridized carbons (Fsp3) is 0.129. The lowest BCUT2D eigenvalue weighted by atomic mass is 10.0. The summed E-state index contributed by atoms with van der Waals surface area (Å²) in [5.74, 6) is -1.58. The van der Waals surface area contributed by atoms with Crippen molar-refractivity contribution >= 4 is 16.9 Å². The van der Waals surface area contributed by atoms with Crippen molar-refractivity contribution in [1.82, 2.24) is 20.3 Å². The third-order valence-corrected chi connectivity index (χ3v) is 6.03. The van der Waals surface area contributed by atoms with Crippen molar-refractivity contribution in [2.24, 2.45) is 0 Å². The van der Waals surface area contributed by atoms with Crippen molar-refractivity contribution in [2.75, 3.05) is 0 Å². The number of nitrogens with one attached hydrogen (secondary N) is 2. The number of carbonyl (C=O) groups is 1. The molecule has 196 valence electrons. The molecule has 1 aromatic carbocycles. The lowest BCUT2D eigenvalue weighted by Gasteiger charge is -2.13. The molecule has 4 aromatic rings. The molecule has 39 heavy (non-hydrogen) atoms. The number of H-pyrrole nitrogens is 1. The van der Waals surface area contributed by atoms with Gasteiger partial charge < -0.3 is 10.3 Å². The molecule has 0 aliphatic rings. The molecule has 0 spiro atoms. The Balaban J connectivity index is 1.52. The maximum Gasteiger partial charge on any atom is 0.270 e. The number of hydrogen-bond acceptors (Lipinski definition) is 3. The number of carbonyl (C=O) groups excluding carboxylic acids is 1. The van der Waals surface area contributed by atoms with E-state index in [4.69, 9.17) is 6.42 Å². The first-order valence-corrected chi connectivity index (χ1v) is 12.0. The van der Waals surface area contributed by atoms with Gasteiger partial charge in [-0.2, -0.15) is 0 Å². The lowest BCUT2D eigenvalue weighted by molar-refractivity contribution is -0.119. The summed E-state index contributed by atoms with van der Waals surface area (Å²) in [7, 11) is 0. The number of terminal acetylenes is 1. The number of hydrogen-bond donors (Lipinski definition) is 2. The molecule has 1 amide bonds. The first-order chi connectivity index (χ1) is 18.6. The monoisotopic (exact) mass is 526 g/mol. The Morgan fingerprint density at radius 3 is 2.64 bits per heavy atom. The van der Waals surface area contributed by atoms with Gasteiger partial charge in [0.05, 0.1) is 6.42 Å². The zero-order valence-corrected chi connectivity index (χ0v) is 21.4. The van der Waals surface area contributed by atoms with Gasteiger partial charge in [-0.15, -0.1) is 6.42 Å². The predicted molar refractivity (Wildman–Crippen MR) is 147 cm³/mol. The number of pyridine rings is 2. The molecule has 2 N–H and O–H groups in total. The summed E-state index contributed by atoms with van der Waals surface area (Å²) in [6.45, 7) is 5.81. The van der Waals surface area contributed by atoms with E-state index in [0.29, 0.717) is 28.0 Å². The summed E-state index contributed by atoms with van der Waals surface area (Å²) >= 11 is 0. The minimum atomic E-state index is -3.07. The van der Waals surface area contributed by atoms with E-state index < -0.39 is 17.6 Å². The van der Waals surface area contributed by atoms with Crippen molar-refractivity contribution in [2.45, 2.75) is 26.2 Å². The number of aromatic nitrogens is 3. The van der Waals surface area contributed by atoms with Crippen LogP contribution in [0.1, 0.15) is 25.1 Å². The Morgan fingerprint density at radius 1 is 1.18 bits per heavy atom. The average molecular weight is 527 g/mol. The van der Waals surface area contributed by atoms with Crippen molar-refractivity contribution in [3.8, 4) is 34.7 Å². The third-order valence-electron chi connectivity index (χ3n) is 6.03. The van der Waals surface area contributed by atoms with Crippen LogP contribution in [0, 0.1) is 18.2 Å². The van der Waals surface area contributed by atoms with Crippen molar-refractivity contribution < 1.29 is 18.0 Å². The summed E-state index contributed by atoms with van der Waals surface area (Å²) in [4.78, 5) is 24.3. The minimum absolute atomic E-state index is 0.124. The first kappa shape index (κ1) is 27.1. The summed E-state index contributed by atoms with van der Waals surface area (Å²) in [6, 6.07) is 11.8. The molecule has 8 heteroatoms. The molecule has 0 radical (unpaired) electrons. The molecule has 4 rings (SSSR count). The Bertz CT molecular complexity index is 1670.